The highest BCUT2D eigenvalue weighted by Crippen LogP contribution is 2.29. The van der Waals surface area contributed by atoms with E-state index < -0.39 is 0 Å². The number of rotatable bonds is 5. The van der Waals surface area contributed by atoms with Gasteiger partial charge in [-0.15, -0.1) is 0 Å². The molecule has 1 atom stereocenters. The first-order chi connectivity index (χ1) is 11.1. The number of aryl methyl sites for hydroxylation is 1. The molecule has 0 aliphatic carbocycles. The van der Waals surface area contributed by atoms with Gasteiger partial charge in [0.1, 0.15) is 0 Å². The van der Waals surface area contributed by atoms with Gasteiger partial charge in [-0.05, 0) is 36.0 Å². The maximum atomic E-state index is 6.05. The van der Waals surface area contributed by atoms with Crippen LogP contribution in [0.1, 0.15) is 50.4 Å². The lowest BCUT2D eigenvalue weighted by Gasteiger charge is -2.27. The molecule has 0 saturated carbocycles. The lowest BCUT2D eigenvalue weighted by molar-refractivity contribution is 0.467. The summed E-state index contributed by atoms with van der Waals surface area (Å²) in [6.07, 6.45) is 2.92. The number of nitrogens with one attached hydrogen (secondary N) is 1. The highest BCUT2D eigenvalue weighted by molar-refractivity contribution is 5.67. The van der Waals surface area contributed by atoms with Crippen molar-refractivity contribution >= 4 is 5.57 Å². The van der Waals surface area contributed by atoms with Crippen molar-refractivity contribution < 1.29 is 0 Å². The molecule has 2 heterocycles. The predicted octanol–water partition coefficient (Wildman–Crippen LogP) is 1.82. The van der Waals surface area contributed by atoms with Crippen LogP contribution >= 0.6 is 0 Å². The number of aromatic nitrogens is 2. The summed E-state index contributed by atoms with van der Waals surface area (Å²) in [4.78, 5) is 4.58. The minimum atomic E-state index is 0.0302. The molecule has 0 saturated heterocycles. The Balaban J connectivity index is 2.20. The Labute approximate surface area is 137 Å². The van der Waals surface area contributed by atoms with Gasteiger partial charge in [0.15, 0.2) is 5.49 Å². The number of hydrogen-bond donors (Lipinski definition) is 2. The Morgan fingerprint density at radius 3 is 2.83 bits per heavy atom. The molecule has 3 rings (SSSR count). The van der Waals surface area contributed by atoms with Crippen molar-refractivity contribution in [3.63, 3.8) is 0 Å². The summed E-state index contributed by atoms with van der Waals surface area (Å²) in [5, 5.41) is 8.73. The van der Waals surface area contributed by atoms with Gasteiger partial charge < -0.3 is 5.73 Å². The van der Waals surface area contributed by atoms with Gasteiger partial charge in [-0.1, -0.05) is 45.0 Å². The normalized spacial score (nSPS) is 16.6. The molecule has 122 valence electrons. The summed E-state index contributed by atoms with van der Waals surface area (Å²) < 4.78 is 0. The number of aromatic amines is 1. The van der Waals surface area contributed by atoms with Crippen molar-refractivity contribution in [1.29, 1.82) is 0 Å². The fourth-order valence-electron chi connectivity index (χ4n) is 3.30. The molecule has 4 nitrogen and oxygen atoms in total. The molecular formula is C19H26N4. The summed E-state index contributed by atoms with van der Waals surface area (Å²) in [6.45, 7) is 8.07. The monoisotopic (exact) mass is 310 g/mol. The van der Waals surface area contributed by atoms with Crippen molar-refractivity contribution in [2.45, 2.75) is 45.4 Å². The van der Waals surface area contributed by atoms with Gasteiger partial charge in [-0.25, -0.2) is 0 Å². The third-order valence-corrected chi connectivity index (χ3v) is 5.23. The van der Waals surface area contributed by atoms with E-state index in [1.807, 2.05) is 0 Å². The molecule has 1 aliphatic rings. The Bertz CT molecular complexity index is 812. The molecule has 3 N–H and O–H groups in total. The van der Waals surface area contributed by atoms with Gasteiger partial charge in [0, 0.05) is 23.7 Å². The second kappa shape index (κ2) is 6.28. The number of hydrogen-bond acceptors (Lipinski definition) is 3. The summed E-state index contributed by atoms with van der Waals surface area (Å²) in [5.74, 6) is 0. The number of H-pyrrole nitrogens is 1. The van der Waals surface area contributed by atoms with Gasteiger partial charge >= 0.3 is 0 Å². The van der Waals surface area contributed by atoms with Crippen LogP contribution in [-0.2, 0) is 11.8 Å². The Morgan fingerprint density at radius 1 is 1.30 bits per heavy atom. The van der Waals surface area contributed by atoms with Gasteiger partial charge in [0.2, 0.25) is 0 Å². The molecule has 1 aromatic heterocycles. The first kappa shape index (κ1) is 15.9. The smallest absolute Gasteiger partial charge is 0.151 e. The van der Waals surface area contributed by atoms with Crippen LogP contribution in [0, 0.1) is 0 Å². The molecule has 0 bridgehead atoms. The van der Waals surface area contributed by atoms with Crippen molar-refractivity contribution in [3.8, 4) is 0 Å². The van der Waals surface area contributed by atoms with Crippen LogP contribution in [-0.4, -0.2) is 23.3 Å². The van der Waals surface area contributed by atoms with Crippen LogP contribution < -0.4 is 16.4 Å². The third-order valence-electron chi connectivity index (χ3n) is 5.23. The summed E-state index contributed by atoms with van der Waals surface area (Å²) >= 11 is 0. The van der Waals surface area contributed by atoms with E-state index >= 15 is 0 Å². The summed E-state index contributed by atoms with van der Waals surface area (Å²) in [5.41, 5.74) is 12.1. The molecule has 4 heteroatoms. The molecule has 0 fully saturated rings. The zero-order valence-corrected chi connectivity index (χ0v) is 14.3. The predicted molar refractivity (Wildman–Crippen MR) is 93.9 cm³/mol. The van der Waals surface area contributed by atoms with Crippen LogP contribution in [0.15, 0.2) is 29.3 Å². The lowest BCUT2D eigenvalue weighted by Crippen LogP contribution is -2.33. The maximum absolute atomic E-state index is 6.05. The molecule has 0 amide bonds. The SMILES string of the molecule is CCc1n[nH]c2c1=C(c1cccc(C(C)(CC)CN)c1)CCN=2. The largest absolute Gasteiger partial charge is 0.330 e. The van der Waals surface area contributed by atoms with Crippen LogP contribution in [0.25, 0.3) is 5.57 Å². The molecule has 0 radical (unpaired) electrons. The molecule has 1 unspecified atom stereocenters. The second-order valence-electron chi connectivity index (χ2n) is 6.56. The van der Waals surface area contributed by atoms with Crippen molar-refractivity contribution in [1.82, 2.24) is 10.2 Å². The fourth-order valence-corrected chi connectivity index (χ4v) is 3.30. The fraction of sp³-hybridized carbons (Fsp3) is 0.474. The minimum Gasteiger partial charge on any atom is -0.330 e. The average Bonchev–Trinajstić information content (AvgIpc) is 3.04. The van der Waals surface area contributed by atoms with Crippen LogP contribution in [0.3, 0.4) is 0 Å². The first-order valence-electron chi connectivity index (χ1n) is 8.55. The zero-order valence-electron chi connectivity index (χ0n) is 14.3. The van der Waals surface area contributed by atoms with Crippen molar-refractivity contribution in [3.05, 3.63) is 51.8 Å². The Hall–Kier alpha value is -1.94. The van der Waals surface area contributed by atoms with Crippen molar-refractivity contribution in [2.24, 2.45) is 10.7 Å². The number of nitrogens with zero attached hydrogens (tertiary/aromatic N) is 2. The van der Waals surface area contributed by atoms with Gasteiger partial charge in [-0.2, -0.15) is 5.10 Å². The van der Waals surface area contributed by atoms with E-state index in [1.165, 1.54) is 21.9 Å². The van der Waals surface area contributed by atoms with Crippen LogP contribution in [0.2, 0.25) is 0 Å². The lowest BCUT2D eigenvalue weighted by atomic mass is 9.79. The van der Waals surface area contributed by atoms with E-state index in [-0.39, 0.29) is 5.41 Å². The molecule has 2 aromatic rings. The molecule has 1 aromatic carbocycles. The topological polar surface area (TPSA) is 67.1 Å². The van der Waals surface area contributed by atoms with E-state index in [1.54, 1.807) is 0 Å². The number of nitrogens with two attached hydrogens (primary N) is 1. The maximum Gasteiger partial charge on any atom is 0.151 e. The quantitative estimate of drug-likeness (QED) is 0.884. The van der Waals surface area contributed by atoms with E-state index in [0.717, 1.165) is 37.0 Å². The van der Waals surface area contributed by atoms with Gasteiger partial charge in [0.05, 0.1) is 5.69 Å². The minimum absolute atomic E-state index is 0.0302. The van der Waals surface area contributed by atoms with Crippen LogP contribution in [0.5, 0.6) is 0 Å². The molecular weight excluding hydrogens is 284 g/mol. The molecule has 0 spiro atoms. The highest BCUT2D eigenvalue weighted by Gasteiger charge is 2.23. The Kier molecular flexibility index (Phi) is 4.35. The van der Waals surface area contributed by atoms with Gasteiger partial charge in [-0.3, -0.25) is 10.1 Å². The summed E-state index contributed by atoms with van der Waals surface area (Å²) in [7, 11) is 0. The first-order valence-corrected chi connectivity index (χ1v) is 8.55. The second-order valence-corrected chi connectivity index (χ2v) is 6.56. The third kappa shape index (κ3) is 2.72. The van der Waals surface area contributed by atoms with E-state index in [2.05, 4.69) is 60.2 Å². The Morgan fingerprint density at radius 2 is 2.13 bits per heavy atom. The van der Waals surface area contributed by atoms with E-state index in [0.29, 0.717) is 6.54 Å². The highest BCUT2D eigenvalue weighted by atomic mass is 15.1. The number of benzene rings is 1. The van der Waals surface area contributed by atoms with E-state index in [9.17, 15) is 0 Å². The molecule has 1 aliphatic heterocycles. The standard InChI is InChI=1S/C19H26N4/c1-4-16-17-15(9-10-21-18(17)23-22-16)13-7-6-8-14(11-13)19(3,5-2)12-20/h6-8,11H,4-5,9-10,12,20H2,1-3H3,(H,21,23). The summed E-state index contributed by atoms with van der Waals surface area (Å²) in [6, 6.07) is 8.86. The zero-order chi connectivity index (χ0) is 16.4. The number of fused-ring (bicyclic) bond motifs is 1. The van der Waals surface area contributed by atoms with E-state index in [4.69, 9.17) is 5.73 Å². The van der Waals surface area contributed by atoms with Gasteiger partial charge in [0.25, 0.3) is 0 Å². The van der Waals surface area contributed by atoms with Crippen molar-refractivity contribution in [2.75, 3.05) is 13.1 Å². The molecule has 23 heavy (non-hydrogen) atoms. The average molecular weight is 310 g/mol. The van der Waals surface area contributed by atoms with Crippen LogP contribution in [0.4, 0.5) is 0 Å².